The fourth-order valence-corrected chi connectivity index (χ4v) is 5.19. The Morgan fingerprint density at radius 3 is 2.68 bits per heavy atom. The number of amides is 2. The summed E-state index contributed by atoms with van der Waals surface area (Å²) in [5.74, 6) is -0.461. The molecule has 28 heavy (non-hydrogen) atoms. The van der Waals surface area contributed by atoms with Crippen molar-refractivity contribution in [3.8, 4) is 5.75 Å². The topological polar surface area (TPSA) is 116 Å². The van der Waals surface area contributed by atoms with Gasteiger partial charge < -0.3 is 20.8 Å². The van der Waals surface area contributed by atoms with Crippen molar-refractivity contribution in [2.45, 2.75) is 56.6 Å². The van der Waals surface area contributed by atoms with E-state index in [0.717, 1.165) is 17.7 Å². The number of aliphatic hydroxyl groups is 1. The number of hydrogen-bond acceptors (Lipinski definition) is 6. The van der Waals surface area contributed by atoms with Crippen LogP contribution in [0.5, 0.6) is 5.75 Å². The van der Waals surface area contributed by atoms with Crippen molar-refractivity contribution in [2.75, 3.05) is 20.6 Å². The average Bonchev–Trinajstić information content (AvgIpc) is 2.69. The molecule has 1 heterocycles. The van der Waals surface area contributed by atoms with Gasteiger partial charge in [0.15, 0.2) is 0 Å². The third-order valence-corrected chi connectivity index (χ3v) is 6.85. The van der Waals surface area contributed by atoms with Gasteiger partial charge in [0.05, 0.1) is 5.60 Å². The highest BCUT2D eigenvalue weighted by molar-refractivity contribution is 5.87. The molecule has 2 aliphatic rings. The maximum Gasteiger partial charge on any atom is 0.229 e. The van der Waals surface area contributed by atoms with Gasteiger partial charge >= 0.3 is 0 Å². The van der Waals surface area contributed by atoms with E-state index in [1.54, 1.807) is 12.1 Å². The number of likely N-dealkylation sites (tertiary alicyclic amines) is 1. The van der Waals surface area contributed by atoms with Crippen LogP contribution in [0.1, 0.15) is 43.7 Å². The largest absolute Gasteiger partial charge is 0.508 e. The van der Waals surface area contributed by atoms with Gasteiger partial charge in [0.2, 0.25) is 12.3 Å². The first-order chi connectivity index (χ1) is 13.2. The van der Waals surface area contributed by atoms with Crippen molar-refractivity contribution in [1.29, 1.82) is 0 Å². The fourth-order valence-electron chi connectivity index (χ4n) is 5.19. The molecule has 0 bridgehead atoms. The van der Waals surface area contributed by atoms with Gasteiger partial charge in [-0.3, -0.25) is 14.9 Å². The zero-order valence-electron chi connectivity index (χ0n) is 17.2. The third-order valence-electron chi connectivity index (χ3n) is 6.85. The van der Waals surface area contributed by atoms with Gasteiger partial charge in [0.25, 0.3) is 0 Å². The van der Waals surface area contributed by atoms with Gasteiger partial charge in [-0.2, -0.15) is 0 Å². The van der Waals surface area contributed by atoms with E-state index in [1.807, 2.05) is 27.0 Å². The van der Waals surface area contributed by atoms with Gasteiger partial charge in [-0.15, -0.1) is 0 Å². The number of imide groups is 1. The van der Waals surface area contributed by atoms with E-state index in [2.05, 4.69) is 16.0 Å². The van der Waals surface area contributed by atoms with Crippen LogP contribution in [0.4, 0.5) is 0 Å². The molecular weight excluding hydrogens is 358 g/mol. The Hall–Kier alpha value is -1.96. The summed E-state index contributed by atoms with van der Waals surface area (Å²) in [4.78, 5) is 25.2. The highest BCUT2D eigenvalue weighted by Gasteiger charge is 2.61. The molecule has 1 aromatic rings. The smallest absolute Gasteiger partial charge is 0.229 e. The number of nitrogens with zero attached hydrogens (tertiary/aromatic N) is 1. The molecule has 0 aromatic heterocycles. The first kappa shape index (κ1) is 22.3. The van der Waals surface area contributed by atoms with Crippen molar-refractivity contribution in [2.24, 2.45) is 11.7 Å². The summed E-state index contributed by atoms with van der Waals surface area (Å²) in [6, 6.07) is 5.16. The molecule has 4 atom stereocenters. The van der Waals surface area contributed by atoms with Crippen LogP contribution in [0.2, 0.25) is 0 Å². The second-order valence-electron chi connectivity index (χ2n) is 7.98. The molecule has 4 unspecified atom stereocenters. The summed E-state index contributed by atoms with van der Waals surface area (Å²) >= 11 is 0. The number of nitrogens with two attached hydrogens (primary N) is 1. The number of piperidine rings is 1. The van der Waals surface area contributed by atoms with Crippen molar-refractivity contribution < 1.29 is 19.8 Å². The minimum atomic E-state index is -1.00. The van der Waals surface area contributed by atoms with Crippen LogP contribution < -0.4 is 11.1 Å². The number of benzene rings is 1. The van der Waals surface area contributed by atoms with Gasteiger partial charge in [0, 0.05) is 17.4 Å². The molecule has 1 saturated carbocycles. The van der Waals surface area contributed by atoms with Gasteiger partial charge in [-0.1, -0.05) is 6.07 Å². The zero-order valence-corrected chi connectivity index (χ0v) is 17.2. The van der Waals surface area contributed by atoms with E-state index in [-0.39, 0.29) is 23.6 Å². The van der Waals surface area contributed by atoms with E-state index in [1.165, 1.54) is 7.05 Å². The van der Waals surface area contributed by atoms with Crippen LogP contribution >= 0.6 is 0 Å². The standard InChI is InChI=1S/C20H28N2O4.CH5N/c1-13-4-5-16(24)10-17(13)19-8-9-22(3)14(2)20(19,26)7-6-15(11-19)18(25)21-12-23;1-2/h4-5,10,12,14-15,24,26H,6-9,11H2,1-3H3,(H,21,23,25);2H2,1H3. The molecule has 5 N–H and O–H groups in total. The van der Waals surface area contributed by atoms with Gasteiger partial charge in [-0.25, -0.2) is 0 Å². The lowest BCUT2D eigenvalue weighted by atomic mass is 9.51. The van der Waals surface area contributed by atoms with Gasteiger partial charge in [-0.05, 0) is 83.4 Å². The predicted molar refractivity (Wildman–Crippen MR) is 108 cm³/mol. The Kier molecular flexibility index (Phi) is 6.85. The molecule has 2 fully saturated rings. The molecule has 2 amide bonds. The van der Waals surface area contributed by atoms with E-state index in [0.29, 0.717) is 32.1 Å². The molecule has 156 valence electrons. The van der Waals surface area contributed by atoms with Crippen molar-refractivity contribution in [3.05, 3.63) is 29.3 Å². The van der Waals surface area contributed by atoms with Crippen LogP contribution in [-0.4, -0.2) is 59.7 Å². The fraction of sp³-hybridized carbons (Fsp3) is 0.619. The molecule has 7 nitrogen and oxygen atoms in total. The predicted octanol–water partition coefficient (Wildman–Crippen LogP) is 1.04. The number of nitrogens with one attached hydrogen (secondary N) is 1. The summed E-state index contributed by atoms with van der Waals surface area (Å²) in [6.45, 7) is 4.79. The molecule has 1 aliphatic heterocycles. The minimum Gasteiger partial charge on any atom is -0.508 e. The molecule has 0 spiro atoms. The molecule has 1 saturated heterocycles. The monoisotopic (exact) mass is 391 g/mol. The van der Waals surface area contributed by atoms with E-state index < -0.39 is 11.0 Å². The van der Waals surface area contributed by atoms with Crippen molar-refractivity contribution in [1.82, 2.24) is 10.2 Å². The molecule has 3 rings (SSSR count). The normalized spacial score (nSPS) is 32.5. The number of likely N-dealkylation sites (N-methyl/N-ethyl adjacent to an activating group) is 1. The SMILES string of the molecule is CN.Cc1ccc(O)cc1C12CCN(C)C(C)C1(O)CCC(C(=O)NC=O)C2. The van der Waals surface area contributed by atoms with Crippen molar-refractivity contribution in [3.63, 3.8) is 0 Å². The van der Waals surface area contributed by atoms with Crippen molar-refractivity contribution >= 4 is 12.3 Å². The molecule has 1 aromatic carbocycles. The number of carbonyl (C=O) groups excluding carboxylic acids is 2. The summed E-state index contributed by atoms with van der Waals surface area (Å²) in [7, 11) is 3.51. The molecule has 0 radical (unpaired) electrons. The van der Waals surface area contributed by atoms with Gasteiger partial charge in [0.1, 0.15) is 5.75 Å². The number of hydrogen-bond donors (Lipinski definition) is 4. The first-order valence-electron chi connectivity index (χ1n) is 9.79. The average molecular weight is 392 g/mol. The Labute approximate surface area is 166 Å². The number of phenolic OH excluding ortho intramolecular Hbond substituents is 1. The Morgan fingerprint density at radius 1 is 1.36 bits per heavy atom. The molecular formula is C21H33N3O4. The Bertz CT molecular complexity index is 726. The number of carbonyl (C=O) groups is 2. The summed E-state index contributed by atoms with van der Waals surface area (Å²) in [6.07, 6.45) is 2.59. The van der Waals surface area contributed by atoms with E-state index >= 15 is 0 Å². The quantitative estimate of drug-likeness (QED) is 0.572. The highest BCUT2D eigenvalue weighted by Crippen LogP contribution is 2.56. The van der Waals surface area contributed by atoms with E-state index in [9.17, 15) is 19.8 Å². The first-order valence-corrected chi connectivity index (χ1v) is 9.79. The van der Waals surface area contributed by atoms with Crippen LogP contribution in [0.15, 0.2) is 18.2 Å². The number of fused-ring (bicyclic) bond motifs is 1. The minimum absolute atomic E-state index is 0.0759. The maximum atomic E-state index is 12.4. The second-order valence-corrected chi connectivity index (χ2v) is 7.98. The highest BCUT2D eigenvalue weighted by atomic mass is 16.3. The summed E-state index contributed by atoms with van der Waals surface area (Å²) in [5.41, 5.74) is 4.76. The molecule has 1 aliphatic carbocycles. The lowest BCUT2D eigenvalue weighted by Gasteiger charge is -2.61. The van der Waals surface area contributed by atoms with Crippen LogP contribution in [0, 0.1) is 12.8 Å². The number of rotatable bonds is 3. The lowest BCUT2D eigenvalue weighted by Crippen LogP contribution is -2.69. The van der Waals surface area contributed by atoms with E-state index in [4.69, 9.17) is 0 Å². The lowest BCUT2D eigenvalue weighted by molar-refractivity contribution is -0.163. The zero-order chi connectivity index (χ0) is 21.1. The van der Waals surface area contributed by atoms with Crippen LogP contribution in [0.25, 0.3) is 0 Å². The second kappa shape index (κ2) is 8.59. The molecule has 7 heteroatoms. The number of aryl methyl sites for hydroxylation is 1. The Balaban J connectivity index is 0.00000136. The van der Waals surface area contributed by atoms with Crippen LogP contribution in [0.3, 0.4) is 0 Å². The number of phenols is 1. The summed E-state index contributed by atoms with van der Waals surface area (Å²) < 4.78 is 0. The Morgan fingerprint density at radius 2 is 2.04 bits per heavy atom. The number of aromatic hydroxyl groups is 1. The summed E-state index contributed by atoms with van der Waals surface area (Å²) in [5, 5.41) is 24.2. The van der Waals surface area contributed by atoms with Crippen LogP contribution in [-0.2, 0) is 15.0 Å². The maximum absolute atomic E-state index is 12.4. The third kappa shape index (κ3) is 3.54.